The highest BCUT2D eigenvalue weighted by Gasteiger charge is 2.18. The number of nitrogens with zero attached hydrogens (tertiary/aromatic N) is 6. The van der Waals surface area contributed by atoms with Gasteiger partial charge in [0.15, 0.2) is 11.6 Å². The molecule has 18 heavy (non-hydrogen) atoms. The van der Waals surface area contributed by atoms with Crippen LogP contribution in [-0.2, 0) is 0 Å². The van der Waals surface area contributed by atoms with Gasteiger partial charge >= 0.3 is 0 Å². The van der Waals surface area contributed by atoms with Gasteiger partial charge in [-0.15, -0.1) is 5.10 Å². The normalized spacial score (nSPS) is 10.1. The summed E-state index contributed by atoms with van der Waals surface area (Å²) in [4.78, 5) is 9.85. The van der Waals surface area contributed by atoms with Gasteiger partial charge in [0.25, 0.3) is 0 Å². The third-order valence-corrected chi connectivity index (χ3v) is 2.44. The number of nitrogen functional groups attached to an aromatic ring is 1. The molecule has 0 bridgehead atoms. The van der Waals surface area contributed by atoms with Gasteiger partial charge in [0.2, 0.25) is 0 Å². The lowest BCUT2D eigenvalue weighted by Gasteiger charge is -2.07. The summed E-state index contributed by atoms with van der Waals surface area (Å²) in [5.74, 6) is 1.34. The highest BCUT2D eigenvalue weighted by molar-refractivity contribution is 5.66. The molecule has 0 radical (unpaired) electrons. The van der Waals surface area contributed by atoms with Crippen molar-refractivity contribution in [2.24, 2.45) is 0 Å². The van der Waals surface area contributed by atoms with Gasteiger partial charge in [-0.25, -0.2) is 9.97 Å². The number of aryl methyl sites for hydroxylation is 1. The van der Waals surface area contributed by atoms with E-state index in [0.717, 1.165) is 5.69 Å². The molecule has 0 aliphatic heterocycles. The molecule has 0 spiro atoms. The third kappa shape index (κ3) is 1.84. The van der Waals surface area contributed by atoms with Crippen LogP contribution in [0, 0.1) is 18.3 Å². The van der Waals surface area contributed by atoms with E-state index in [9.17, 15) is 0 Å². The summed E-state index contributed by atoms with van der Waals surface area (Å²) < 4.78 is 1.45. The Bertz CT molecular complexity index is 621. The van der Waals surface area contributed by atoms with E-state index in [4.69, 9.17) is 11.0 Å². The van der Waals surface area contributed by atoms with Crippen LogP contribution in [0.5, 0.6) is 0 Å². The molecular formula is C11H13N7. The van der Waals surface area contributed by atoms with Crippen LogP contribution in [0.4, 0.5) is 11.6 Å². The number of rotatable bonds is 2. The van der Waals surface area contributed by atoms with Gasteiger partial charge in [-0.2, -0.15) is 9.94 Å². The fourth-order valence-corrected chi connectivity index (χ4v) is 1.57. The van der Waals surface area contributed by atoms with Crippen LogP contribution in [0.2, 0.25) is 0 Å². The zero-order valence-corrected chi connectivity index (χ0v) is 10.4. The van der Waals surface area contributed by atoms with Crippen LogP contribution in [0.15, 0.2) is 12.4 Å². The minimum Gasteiger partial charge on any atom is -0.382 e. The van der Waals surface area contributed by atoms with E-state index < -0.39 is 0 Å². The maximum absolute atomic E-state index is 9.12. The smallest absolute Gasteiger partial charge is 0.170 e. The molecule has 2 rings (SSSR count). The Morgan fingerprint density at radius 2 is 2.11 bits per heavy atom. The van der Waals surface area contributed by atoms with E-state index in [-0.39, 0.29) is 5.82 Å². The van der Waals surface area contributed by atoms with Gasteiger partial charge in [-0.3, -0.25) is 0 Å². The lowest BCUT2D eigenvalue weighted by atomic mass is 10.3. The van der Waals surface area contributed by atoms with E-state index in [0.29, 0.717) is 17.2 Å². The van der Waals surface area contributed by atoms with Crippen molar-refractivity contribution in [3.63, 3.8) is 0 Å². The standard InChI is InChI=1S/C11H13N7/c1-7-4-9(15-6-14-7)18-10(13)8(5-12)11(16-18)17(2)3/h4,6H,13H2,1-3H3. The predicted molar refractivity (Wildman–Crippen MR) is 67.3 cm³/mol. The second-order valence-corrected chi connectivity index (χ2v) is 4.02. The Morgan fingerprint density at radius 1 is 1.39 bits per heavy atom. The van der Waals surface area contributed by atoms with Crippen molar-refractivity contribution in [1.29, 1.82) is 5.26 Å². The molecule has 2 N–H and O–H groups in total. The molecule has 0 atom stereocenters. The summed E-state index contributed by atoms with van der Waals surface area (Å²) in [5, 5.41) is 13.4. The number of aromatic nitrogens is 4. The Balaban J connectivity index is 2.63. The van der Waals surface area contributed by atoms with Gasteiger partial charge < -0.3 is 10.6 Å². The lowest BCUT2D eigenvalue weighted by Crippen LogP contribution is -2.11. The van der Waals surface area contributed by atoms with Gasteiger partial charge in [-0.05, 0) is 6.92 Å². The molecule has 0 unspecified atom stereocenters. The molecule has 0 aromatic carbocycles. The second kappa shape index (κ2) is 4.33. The van der Waals surface area contributed by atoms with Gasteiger partial charge in [0.05, 0.1) is 0 Å². The van der Waals surface area contributed by atoms with Crippen molar-refractivity contribution < 1.29 is 0 Å². The van der Waals surface area contributed by atoms with Crippen LogP contribution in [0.3, 0.4) is 0 Å². The minimum absolute atomic E-state index is 0.277. The Kier molecular flexibility index (Phi) is 2.85. The summed E-state index contributed by atoms with van der Waals surface area (Å²) in [7, 11) is 3.61. The van der Waals surface area contributed by atoms with Crippen LogP contribution in [0.25, 0.3) is 5.82 Å². The molecule has 7 nitrogen and oxygen atoms in total. The Morgan fingerprint density at radius 3 is 2.61 bits per heavy atom. The summed E-state index contributed by atoms with van der Waals surface area (Å²) in [6.45, 7) is 1.85. The molecule has 92 valence electrons. The largest absolute Gasteiger partial charge is 0.382 e. The number of nitrogens with two attached hydrogens (primary N) is 1. The molecular weight excluding hydrogens is 230 g/mol. The van der Waals surface area contributed by atoms with Gasteiger partial charge in [0.1, 0.15) is 23.8 Å². The number of hydrogen-bond donors (Lipinski definition) is 1. The van der Waals surface area contributed by atoms with Crippen LogP contribution in [0.1, 0.15) is 11.3 Å². The molecule has 0 aliphatic rings. The van der Waals surface area contributed by atoms with Crippen LogP contribution in [-0.4, -0.2) is 33.8 Å². The monoisotopic (exact) mass is 243 g/mol. The SMILES string of the molecule is Cc1cc(-n2nc(N(C)C)c(C#N)c2N)ncn1. The Hall–Kier alpha value is -2.62. The van der Waals surface area contributed by atoms with Crippen LogP contribution < -0.4 is 10.6 Å². The maximum Gasteiger partial charge on any atom is 0.170 e. The van der Waals surface area contributed by atoms with Crippen molar-refractivity contribution >= 4 is 11.6 Å². The molecule has 2 heterocycles. The molecule has 2 aromatic heterocycles. The first-order valence-electron chi connectivity index (χ1n) is 5.29. The van der Waals surface area contributed by atoms with Crippen molar-refractivity contribution in [1.82, 2.24) is 19.7 Å². The van der Waals surface area contributed by atoms with Crippen LogP contribution >= 0.6 is 0 Å². The number of anilines is 2. The molecule has 7 heteroatoms. The first kappa shape index (κ1) is 11.9. The van der Waals surface area contributed by atoms with Crippen molar-refractivity contribution in [3.8, 4) is 11.9 Å². The van der Waals surface area contributed by atoms with Crippen molar-refractivity contribution in [3.05, 3.63) is 23.7 Å². The molecule has 0 saturated heterocycles. The van der Waals surface area contributed by atoms with Gasteiger partial charge in [0, 0.05) is 25.9 Å². The fraction of sp³-hybridized carbons (Fsp3) is 0.273. The molecule has 0 amide bonds. The van der Waals surface area contributed by atoms with E-state index in [1.54, 1.807) is 25.1 Å². The highest BCUT2D eigenvalue weighted by atomic mass is 15.4. The topological polar surface area (TPSA) is 96.7 Å². The van der Waals surface area contributed by atoms with E-state index in [1.807, 2.05) is 6.92 Å². The van der Waals surface area contributed by atoms with Crippen molar-refractivity contribution in [2.45, 2.75) is 6.92 Å². The average Bonchev–Trinajstić information content (AvgIpc) is 2.66. The highest BCUT2D eigenvalue weighted by Crippen LogP contribution is 2.24. The number of nitriles is 1. The zero-order chi connectivity index (χ0) is 13.3. The predicted octanol–water partition coefficient (Wildman–Crippen LogP) is 0.491. The Labute approximate surface area is 104 Å². The fourth-order valence-electron chi connectivity index (χ4n) is 1.57. The third-order valence-electron chi connectivity index (χ3n) is 2.44. The van der Waals surface area contributed by atoms with Crippen molar-refractivity contribution in [2.75, 3.05) is 24.7 Å². The first-order chi connectivity index (χ1) is 8.54. The van der Waals surface area contributed by atoms with Gasteiger partial charge in [-0.1, -0.05) is 0 Å². The molecule has 2 aromatic rings. The second-order valence-electron chi connectivity index (χ2n) is 4.02. The summed E-state index contributed by atoms with van der Waals surface area (Å²) in [6, 6.07) is 3.81. The number of hydrogen-bond acceptors (Lipinski definition) is 6. The quantitative estimate of drug-likeness (QED) is 0.824. The summed E-state index contributed by atoms with van der Waals surface area (Å²) >= 11 is 0. The molecule has 0 fully saturated rings. The summed E-state index contributed by atoms with van der Waals surface area (Å²) in [5.41, 5.74) is 7.07. The average molecular weight is 243 g/mol. The first-order valence-corrected chi connectivity index (χ1v) is 5.29. The molecule has 0 saturated carbocycles. The lowest BCUT2D eigenvalue weighted by molar-refractivity contribution is 0.835. The minimum atomic E-state index is 0.277. The maximum atomic E-state index is 9.12. The summed E-state index contributed by atoms with van der Waals surface area (Å²) in [6.07, 6.45) is 1.44. The van der Waals surface area contributed by atoms with E-state index in [1.165, 1.54) is 11.0 Å². The van der Waals surface area contributed by atoms with E-state index >= 15 is 0 Å². The zero-order valence-electron chi connectivity index (χ0n) is 10.4. The van der Waals surface area contributed by atoms with E-state index in [2.05, 4.69) is 21.1 Å². The molecule has 0 aliphatic carbocycles.